The summed E-state index contributed by atoms with van der Waals surface area (Å²) in [5.74, 6) is 0.244. The molecule has 1 fully saturated rings. The van der Waals surface area contributed by atoms with Crippen molar-refractivity contribution in [3.8, 4) is 0 Å². The van der Waals surface area contributed by atoms with Gasteiger partial charge in [0.2, 0.25) is 11.8 Å². The Balaban J connectivity index is 1.96. The van der Waals surface area contributed by atoms with Gasteiger partial charge >= 0.3 is 0 Å². The van der Waals surface area contributed by atoms with E-state index in [-0.39, 0.29) is 17.9 Å². The first-order chi connectivity index (χ1) is 22.2. The fourth-order valence-electron chi connectivity index (χ4n) is 6.53. The molecule has 1 rings (SSSR count). The molecule has 1 saturated heterocycles. The zero-order chi connectivity index (χ0) is 32.5. The van der Waals surface area contributed by atoms with E-state index in [1.807, 2.05) is 4.90 Å². The van der Waals surface area contributed by atoms with Crippen molar-refractivity contribution in [3.05, 3.63) is 24.3 Å². The highest BCUT2D eigenvalue weighted by Crippen LogP contribution is 2.20. The first-order valence-corrected chi connectivity index (χ1v) is 20.1. The van der Waals surface area contributed by atoms with Gasteiger partial charge in [0, 0.05) is 19.5 Å². The molecule has 0 aromatic rings. The number of carbonyl (C=O) groups excluding carboxylic acids is 2. The summed E-state index contributed by atoms with van der Waals surface area (Å²) in [7, 11) is 0. The lowest BCUT2D eigenvalue weighted by Gasteiger charge is -2.24. The van der Waals surface area contributed by atoms with Crippen molar-refractivity contribution in [1.82, 2.24) is 10.2 Å². The van der Waals surface area contributed by atoms with Crippen LogP contribution in [0.1, 0.15) is 206 Å². The van der Waals surface area contributed by atoms with Gasteiger partial charge in [0.25, 0.3) is 0 Å². The van der Waals surface area contributed by atoms with E-state index in [0.717, 1.165) is 58.0 Å². The zero-order valence-corrected chi connectivity index (χ0v) is 30.3. The molecule has 1 aliphatic heterocycles. The summed E-state index contributed by atoms with van der Waals surface area (Å²) in [4.78, 5) is 27.5. The maximum atomic E-state index is 12.9. The first-order valence-electron chi connectivity index (χ1n) is 20.1. The minimum Gasteiger partial charge on any atom is -0.354 e. The van der Waals surface area contributed by atoms with Crippen LogP contribution in [0.15, 0.2) is 24.3 Å². The Hall–Kier alpha value is -1.58. The first kappa shape index (κ1) is 41.4. The van der Waals surface area contributed by atoms with E-state index < -0.39 is 0 Å². The van der Waals surface area contributed by atoms with E-state index >= 15 is 0 Å². The normalized spacial score (nSPS) is 15.2. The fourth-order valence-corrected chi connectivity index (χ4v) is 6.53. The summed E-state index contributed by atoms with van der Waals surface area (Å²) in [6.45, 7) is 6.03. The number of carbonyl (C=O) groups is 2. The van der Waals surface area contributed by atoms with Gasteiger partial charge in [0.05, 0.1) is 0 Å². The van der Waals surface area contributed by atoms with Crippen LogP contribution in [-0.4, -0.2) is 35.8 Å². The van der Waals surface area contributed by atoms with Crippen molar-refractivity contribution in [2.45, 2.75) is 213 Å². The molecule has 0 saturated carbocycles. The largest absolute Gasteiger partial charge is 0.354 e. The van der Waals surface area contributed by atoms with E-state index in [9.17, 15) is 9.59 Å². The molecule has 0 spiro atoms. The Labute approximate surface area is 281 Å². The van der Waals surface area contributed by atoms with Crippen molar-refractivity contribution in [2.75, 3.05) is 13.1 Å². The van der Waals surface area contributed by atoms with Gasteiger partial charge in [-0.05, 0) is 77.0 Å². The molecule has 0 bridgehead atoms. The average Bonchev–Trinajstić information content (AvgIpc) is 3.55. The molecule has 0 radical (unpaired) electrons. The molecule has 0 aromatic heterocycles. The molecular formula is C41H76N2O2. The maximum absolute atomic E-state index is 12.9. The van der Waals surface area contributed by atoms with Crippen LogP contribution < -0.4 is 5.32 Å². The Morgan fingerprint density at radius 3 is 1.42 bits per heavy atom. The molecule has 4 nitrogen and oxygen atoms in total. The van der Waals surface area contributed by atoms with E-state index in [1.54, 1.807) is 0 Å². The lowest BCUT2D eigenvalue weighted by atomic mass is 10.1. The Kier molecular flexibility index (Phi) is 29.8. The number of hydrogen-bond acceptors (Lipinski definition) is 2. The minimum absolute atomic E-state index is 0.0623. The average molecular weight is 629 g/mol. The summed E-state index contributed by atoms with van der Waals surface area (Å²) in [5, 5.41) is 3.13. The molecule has 1 N–H and O–H groups in total. The number of rotatable bonds is 32. The molecule has 1 heterocycles. The lowest BCUT2D eigenvalue weighted by molar-refractivity contribution is -0.138. The predicted molar refractivity (Wildman–Crippen MR) is 197 cm³/mol. The summed E-state index contributed by atoms with van der Waals surface area (Å²) in [6, 6.07) is -0.245. The summed E-state index contributed by atoms with van der Waals surface area (Å²) in [6.07, 6.45) is 46.5. The van der Waals surface area contributed by atoms with Crippen LogP contribution in [0.3, 0.4) is 0 Å². The van der Waals surface area contributed by atoms with Crippen LogP contribution in [0.4, 0.5) is 0 Å². The van der Waals surface area contributed by atoms with Gasteiger partial charge in [-0.25, -0.2) is 0 Å². The summed E-state index contributed by atoms with van der Waals surface area (Å²) in [5.41, 5.74) is 0. The lowest BCUT2D eigenvalue weighted by Crippen LogP contribution is -2.46. The van der Waals surface area contributed by atoms with Crippen LogP contribution in [0.5, 0.6) is 0 Å². The highest BCUT2D eigenvalue weighted by molar-refractivity contribution is 5.88. The third-order valence-corrected chi connectivity index (χ3v) is 9.52. The van der Waals surface area contributed by atoms with Gasteiger partial charge in [0.1, 0.15) is 6.04 Å². The monoisotopic (exact) mass is 629 g/mol. The van der Waals surface area contributed by atoms with E-state index in [2.05, 4.69) is 43.5 Å². The quantitative estimate of drug-likeness (QED) is 0.0595. The summed E-state index contributed by atoms with van der Waals surface area (Å²) >= 11 is 0. The van der Waals surface area contributed by atoms with Crippen molar-refractivity contribution < 1.29 is 9.59 Å². The van der Waals surface area contributed by atoms with Crippen LogP contribution in [-0.2, 0) is 9.59 Å². The van der Waals surface area contributed by atoms with Crippen molar-refractivity contribution in [3.63, 3.8) is 0 Å². The van der Waals surface area contributed by atoms with Gasteiger partial charge in [-0.2, -0.15) is 0 Å². The Morgan fingerprint density at radius 1 is 0.556 bits per heavy atom. The third kappa shape index (κ3) is 25.2. The number of nitrogens with one attached hydrogen (secondary N) is 1. The number of nitrogens with zero attached hydrogens (tertiary/aromatic N) is 1. The van der Waals surface area contributed by atoms with Crippen LogP contribution in [0.2, 0.25) is 0 Å². The van der Waals surface area contributed by atoms with Crippen molar-refractivity contribution in [2.24, 2.45) is 0 Å². The molecule has 2 amide bonds. The van der Waals surface area contributed by atoms with Crippen molar-refractivity contribution >= 4 is 11.8 Å². The molecule has 0 aromatic carbocycles. The smallest absolute Gasteiger partial charge is 0.242 e. The van der Waals surface area contributed by atoms with Gasteiger partial charge in [0.15, 0.2) is 0 Å². The minimum atomic E-state index is -0.245. The van der Waals surface area contributed by atoms with Gasteiger partial charge < -0.3 is 10.2 Å². The topological polar surface area (TPSA) is 49.4 Å². The number of allylic oxidation sites excluding steroid dienone is 4. The molecule has 0 aliphatic carbocycles. The molecular weight excluding hydrogens is 552 g/mol. The zero-order valence-electron chi connectivity index (χ0n) is 30.3. The molecule has 262 valence electrons. The fraction of sp³-hybridized carbons (Fsp3) is 0.854. The molecule has 45 heavy (non-hydrogen) atoms. The molecule has 4 heteroatoms. The third-order valence-electron chi connectivity index (χ3n) is 9.52. The number of likely N-dealkylation sites (tertiary alicyclic amines) is 1. The van der Waals surface area contributed by atoms with E-state index in [1.165, 1.54) is 141 Å². The van der Waals surface area contributed by atoms with E-state index in [4.69, 9.17) is 0 Å². The molecule has 1 aliphatic rings. The second-order valence-electron chi connectivity index (χ2n) is 13.8. The second kappa shape index (κ2) is 32.4. The Bertz CT molecular complexity index is 731. The number of hydrogen-bond donors (Lipinski definition) is 1. The maximum Gasteiger partial charge on any atom is 0.242 e. The number of amides is 2. The van der Waals surface area contributed by atoms with Crippen LogP contribution >= 0.6 is 0 Å². The van der Waals surface area contributed by atoms with Crippen LogP contribution in [0, 0.1) is 0 Å². The summed E-state index contributed by atoms with van der Waals surface area (Å²) < 4.78 is 0. The highest BCUT2D eigenvalue weighted by Gasteiger charge is 2.33. The standard InChI is InChI=1S/C41H76N2O2/c1-3-5-7-9-11-13-15-17-19-21-23-25-27-29-31-33-37-42-41(45)39-35-34-38-43(39)40(44)36-32-30-28-26-24-22-20-18-16-14-12-10-8-6-4-2/h16,18,23,25,39H,3-15,17,19-22,24,26-38H2,1-2H3,(H,42,45)/b18-16+,25-23+/t39-/m0/s1. The van der Waals surface area contributed by atoms with Gasteiger partial charge in [-0.1, -0.05) is 147 Å². The van der Waals surface area contributed by atoms with Gasteiger partial charge in [-0.3, -0.25) is 9.59 Å². The Morgan fingerprint density at radius 2 is 0.956 bits per heavy atom. The predicted octanol–water partition coefficient (Wildman–Crippen LogP) is 12.2. The molecule has 1 atom stereocenters. The highest BCUT2D eigenvalue weighted by atomic mass is 16.2. The van der Waals surface area contributed by atoms with Crippen LogP contribution in [0.25, 0.3) is 0 Å². The molecule has 0 unspecified atom stereocenters. The van der Waals surface area contributed by atoms with Gasteiger partial charge in [-0.15, -0.1) is 0 Å². The van der Waals surface area contributed by atoms with E-state index in [0.29, 0.717) is 6.42 Å². The van der Waals surface area contributed by atoms with Crippen molar-refractivity contribution in [1.29, 1.82) is 0 Å². The SMILES string of the molecule is CCCCCCC/C=C/CCCCCCCCC(=O)N1CCC[C@H]1C(=O)NCCCCC/C=C/CCCCCCCCCCC. The second-order valence-corrected chi connectivity index (χ2v) is 13.8. The number of unbranched alkanes of at least 4 members (excludes halogenated alkanes) is 23.